The van der Waals surface area contributed by atoms with Crippen LogP contribution in [0.15, 0.2) is 42.6 Å². The normalized spacial score (nSPS) is 11.9. The Kier molecular flexibility index (Phi) is 4.90. The zero-order chi connectivity index (χ0) is 16.3. The van der Waals surface area contributed by atoms with Crippen molar-refractivity contribution in [3.63, 3.8) is 0 Å². The lowest BCUT2D eigenvalue weighted by Gasteiger charge is -2.24. The van der Waals surface area contributed by atoms with Gasteiger partial charge in [-0.05, 0) is 49.4 Å². The molecule has 0 saturated heterocycles. The molecule has 0 saturated carbocycles. The van der Waals surface area contributed by atoms with Crippen LogP contribution in [0.4, 0.5) is 0 Å². The van der Waals surface area contributed by atoms with Gasteiger partial charge in [0.2, 0.25) is 0 Å². The fourth-order valence-corrected chi connectivity index (χ4v) is 2.71. The van der Waals surface area contributed by atoms with E-state index in [4.69, 9.17) is 0 Å². The molecule has 0 bridgehead atoms. The van der Waals surface area contributed by atoms with Crippen LogP contribution in [0, 0.1) is 5.92 Å². The lowest BCUT2D eigenvalue weighted by molar-refractivity contribution is -0.123. The van der Waals surface area contributed by atoms with Crippen molar-refractivity contribution < 1.29 is 4.79 Å². The molecule has 2 aromatic rings. The molecule has 2 nitrogen and oxygen atoms in total. The third-order valence-electron chi connectivity index (χ3n) is 4.49. The minimum Gasteiger partial charge on any atom is -0.351 e. The van der Waals surface area contributed by atoms with Gasteiger partial charge in [-0.1, -0.05) is 38.1 Å². The summed E-state index contributed by atoms with van der Waals surface area (Å²) in [5, 5.41) is 0. The van der Waals surface area contributed by atoms with Crippen molar-refractivity contribution in [1.82, 2.24) is 4.57 Å². The number of Topliss-reactive ketones (excluding diaryl/α,β-unsaturated/α-hetero) is 1. The Labute approximate surface area is 134 Å². The Morgan fingerprint density at radius 2 is 1.77 bits per heavy atom. The molecule has 0 aliphatic rings. The van der Waals surface area contributed by atoms with Crippen molar-refractivity contribution in [2.45, 2.75) is 46.0 Å². The number of hydrogen-bond donors (Lipinski definition) is 0. The standard InChI is InChI=1S/C20H27NO/c1-15(2)8-13-19(22)20(3,4)17-11-9-16(10-12-17)18-7-6-14-21(18)5/h6-7,9-12,14-15H,8,13H2,1-5H3. The van der Waals surface area contributed by atoms with Gasteiger partial charge in [-0.15, -0.1) is 0 Å². The summed E-state index contributed by atoms with van der Waals surface area (Å²) in [6, 6.07) is 12.6. The molecule has 0 fully saturated rings. The van der Waals surface area contributed by atoms with Gasteiger partial charge in [0, 0.05) is 30.8 Å². The lowest BCUT2D eigenvalue weighted by Crippen LogP contribution is -2.29. The van der Waals surface area contributed by atoms with E-state index in [1.165, 1.54) is 11.3 Å². The molecule has 2 rings (SSSR count). The zero-order valence-electron chi connectivity index (χ0n) is 14.4. The molecule has 2 heteroatoms. The summed E-state index contributed by atoms with van der Waals surface area (Å²) >= 11 is 0. The summed E-state index contributed by atoms with van der Waals surface area (Å²) in [4.78, 5) is 12.5. The second-order valence-corrected chi connectivity index (χ2v) is 7.06. The highest BCUT2D eigenvalue weighted by Crippen LogP contribution is 2.29. The first-order valence-electron chi connectivity index (χ1n) is 8.08. The Morgan fingerprint density at radius 1 is 1.14 bits per heavy atom. The third kappa shape index (κ3) is 3.49. The summed E-state index contributed by atoms with van der Waals surface area (Å²) in [6.45, 7) is 8.39. The van der Waals surface area contributed by atoms with Gasteiger partial charge in [0.1, 0.15) is 5.78 Å². The van der Waals surface area contributed by atoms with Gasteiger partial charge in [0.05, 0.1) is 0 Å². The van der Waals surface area contributed by atoms with Gasteiger partial charge in [-0.25, -0.2) is 0 Å². The van der Waals surface area contributed by atoms with Crippen molar-refractivity contribution in [3.05, 3.63) is 48.2 Å². The molecule has 0 N–H and O–H groups in total. The molecule has 0 spiro atoms. The van der Waals surface area contributed by atoms with E-state index >= 15 is 0 Å². The quantitative estimate of drug-likeness (QED) is 0.737. The largest absolute Gasteiger partial charge is 0.351 e. The molecule has 0 unspecified atom stereocenters. The molecule has 1 heterocycles. The Morgan fingerprint density at radius 3 is 2.27 bits per heavy atom. The number of nitrogens with zero attached hydrogens (tertiary/aromatic N) is 1. The number of benzene rings is 1. The highest BCUT2D eigenvalue weighted by Gasteiger charge is 2.29. The molecular weight excluding hydrogens is 270 g/mol. The summed E-state index contributed by atoms with van der Waals surface area (Å²) < 4.78 is 2.11. The number of carbonyl (C=O) groups excluding carboxylic acids is 1. The minimum absolute atomic E-state index is 0.327. The average Bonchev–Trinajstić information content (AvgIpc) is 2.91. The van der Waals surface area contributed by atoms with Crippen LogP contribution in [0.25, 0.3) is 11.3 Å². The third-order valence-corrected chi connectivity index (χ3v) is 4.49. The first kappa shape index (κ1) is 16.5. The molecule has 118 valence electrons. The smallest absolute Gasteiger partial charge is 0.142 e. The van der Waals surface area contributed by atoms with Crippen molar-refractivity contribution >= 4 is 5.78 Å². The molecule has 0 aliphatic carbocycles. The second-order valence-electron chi connectivity index (χ2n) is 7.06. The van der Waals surface area contributed by atoms with Crippen molar-refractivity contribution in [2.75, 3.05) is 0 Å². The zero-order valence-corrected chi connectivity index (χ0v) is 14.4. The van der Waals surface area contributed by atoms with E-state index in [1.54, 1.807) is 0 Å². The molecule has 1 aromatic heterocycles. The highest BCUT2D eigenvalue weighted by molar-refractivity contribution is 5.89. The molecule has 22 heavy (non-hydrogen) atoms. The summed E-state index contributed by atoms with van der Waals surface area (Å²) in [5.74, 6) is 0.896. The summed E-state index contributed by atoms with van der Waals surface area (Å²) in [6.07, 6.45) is 3.66. The fraction of sp³-hybridized carbons (Fsp3) is 0.450. The molecule has 0 radical (unpaired) electrons. The molecule has 0 atom stereocenters. The summed E-state index contributed by atoms with van der Waals surface area (Å²) in [5.41, 5.74) is 3.05. The van der Waals surface area contributed by atoms with Gasteiger partial charge in [0.25, 0.3) is 0 Å². The van der Waals surface area contributed by atoms with E-state index in [0.717, 1.165) is 12.0 Å². The molecular formula is C20H27NO. The van der Waals surface area contributed by atoms with Crippen molar-refractivity contribution in [1.29, 1.82) is 0 Å². The van der Waals surface area contributed by atoms with E-state index in [0.29, 0.717) is 18.1 Å². The van der Waals surface area contributed by atoms with E-state index in [9.17, 15) is 4.79 Å². The van der Waals surface area contributed by atoms with Crippen LogP contribution < -0.4 is 0 Å². The van der Waals surface area contributed by atoms with E-state index < -0.39 is 5.41 Å². The van der Waals surface area contributed by atoms with Gasteiger partial charge in [0.15, 0.2) is 0 Å². The van der Waals surface area contributed by atoms with Crippen LogP contribution in [0.1, 0.15) is 46.1 Å². The predicted molar refractivity (Wildman–Crippen MR) is 93.0 cm³/mol. The Bertz CT molecular complexity index is 632. The molecule has 0 amide bonds. The highest BCUT2D eigenvalue weighted by atomic mass is 16.1. The lowest BCUT2D eigenvalue weighted by atomic mass is 9.78. The number of rotatable bonds is 6. The van der Waals surface area contributed by atoms with Gasteiger partial charge < -0.3 is 4.57 Å². The number of aromatic nitrogens is 1. The average molecular weight is 297 g/mol. The van der Waals surface area contributed by atoms with Crippen LogP contribution in [-0.2, 0) is 17.3 Å². The van der Waals surface area contributed by atoms with E-state index in [2.05, 4.69) is 48.7 Å². The maximum Gasteiger partial charge on any atom is 0.142 e. The first-order valence-corrected chi connectivity index (χ1v) is 8.08. The number of carbonyl (C=O) groups is 1. The van der Waals surface area contributed by atoms with Crippen LogP contribution in [-0.4, -0.2) is 10.4 Å². The number of ketones is 1. The van der Waals surface area contributed by atoms with Crippen LogP contribution in [0.2, 0.25) is 0 Å². The second kappa shape index (κ2) is 6.51. The van der Waals surface area contributed by atoms with Gasteiger partial charge >= 0.3 is 0 Å². The van der Waals surface area contributed by atoms with Crippen LogP contribution >= 0.6 is 0 Å². The first-order chi connectivity index (χ1) is 10.3. The van der Waals surface area contributed by atoms with Crippen LogP contribution in [0.5, 0.6) is 0 Å². The van der Waals surface area contributed by atoms with Gasteiger partial charge in [-0.3, -0.25) is 4.79 Å². The molecule has 1 aromatic carbocycles. The fourth-order valence-electron chi connectivity index (χ4n) is 2.71. The predicted octanol–water partition coefficient (Wildman–Crippen LogP) is 4.98. The summed E-state index contributed by atoms with van der Waals surface area (Å²) in [7, 11) is 2.04. The molecule has 0 aliphatic heterocycles. The van der Waals surface area contributed by atoms with Crippen molar-refractivity contribution in [3.8, 4) is 11.3 Å². The number of hydrogen-bond acceptors (Lipinski definition) is 1. The topological polar surface area (TPSA) is 22.0 Å². The maximum atomic E-state index is 12.5. The minimum atomic E-state index is -0.415. The SMILES string of the molecule is CC(C)CCC(=O)C(C)(C)c1ccc(-c2cccn2C)cc1. The van der Waals surface area contributed by atoms with E-state index in [1.807, 2.05) is 33.2 Å². The van der Waals surface area contributed by atoms with Gasteiger partial charge in [-0.2, -0.15) is 0 Å². The maximum absolute atomic E-state index is 12.5. The Balaban J connectivity index is 2.18. The Hall–Kier alpha value is -1.83. The monoisotopic (exact) mass is 297 g/mol. The van der Waals surface area contributed by atoms with Crippen LogP contribution in [0.3, 0.4) is 0 Å². The van der Waals surface area contributed by atoms with E-state index in [-0.39, 0.29) is 0 Å². The van der Waals surface area contributed by atoms with Crippen molar-refractivity contribution in [2.24, 2.45) is 13.0 Å². The number of aryl methyl sites for hydroxylation is 1.